The van der Waals surface area contributed by atoms with Gasteiger partial charge >= 0.3 is 0 Å². The summed E-state index contributed by atoms with van der Waals surface area (Å²) < 4.78 is 0. The molecule has 0 N–H and O–H groups in total. The molecule has 1 heteroatoms. The predicted molar refractivity (Wildman–Crippen MR) is 52.0 cm³/mol. The van der Waals surface area contributed by atoms with Gasteiger partial charge in [-0.15, -0.1) is 0 Å². The summed E-state index contributed by atoms with van der Waals surface area (Å²) in [5.41, 5.74) is 3.39. The molecular weight excluding hydrogens is 134 g/mol. The molecule has 0 aliphatic rings. The van der Waals surface area contributed by atoms with Crippen molar-refractivity contribution in [3.05, 3.63) is 23.9 Å². The second kappa shape index (κ2) is 4.89. The van der Waals surface area contributed by atoms with Crippen molar-refractivity contribution >= 4 is 5.71 Å². The molecule has 0 bridgehead atoms. The third-order valence-electron chi connectivity index (χ3n) is 1.66. The highest BCUT2D eigenvalue weighted by atomic mass is 14.7. The fraction of sp³-hybridized carbons (Fsp3) is 0.500. The van der Waals surface area contributed by atoms with Gasteiger partial charge in [-0.3, -0.25) is 4.99 Å². The van der Waals surface area contributed by atoms with Crippen LogP contribution in [0.5, 0.6) is 0 Å². The van der Waals surface area contributed by atoms with Crippen LogP contribution < -0.4 is 0 Å². The summed E-state index contributed by atoms with van der Waals surface area (Å²) in [6.07, 6.45) is 2.89. The highest BCUT2D eigenvalue weighted by Crippen LogP contribution is 2.04. The largest absolute Gasteiger partial charge is 0.266 e. The van der Waals surface area contributed by atoms with Gasteiger partial charge in [0.15, 0.2) is 0 Å². The van der Waals surface area contributed by atoms with Crippen LogP contribution in [-0.4, -0.2) is 5.71 Å². The van der Waals surface area contributed by atoms with Crippen LogP contribution in [0.4, 0.5) is 0 Å². The van der Waals surface area contributed by atoms with Gasteiger partial charge in [-0.05, 0) is 32.8 Å². The summed E-state index contributed by atoms with van der Waals surface area (Å²) >= 11 is 0. The smallest absolute Gasteiger partial charge is 0.0298 e. The Kier molecular flexibility index (Phi) is 4.51. The van der Waals surface area contributed by atoms with E-state index in [1.807, 2.05) is 27.0 Å². The van der Waals surface area contributed by atoms with Gasteiger partial charge in [0.25, 0.3) is 0 Å². The maximum atomic E-state index is 4.26. The van der Waals surface area contributed by atoms with Gasteiger partial charge in [0, 0.05) is 11.9 Å². The summed E-state index contributed by atoms with van der Waals surface area (Å²) in [7, 11) is 0. The topological polar surface area (TPSA) is 12.4 Å². The van der Waals surface area contributed by atoms with Gasteiger partial charge in [-0.25, -0.2) is 0 Å². The lowest BCUT2D eigenvalue weighted by Crippen LogP contribution is -1.85. The molecule has 0 atom stereocenters. The maximum Gasteiger partial charge on any atom is 0.0298 e. The minimum Gasteiger partial charge on any atom is -0.266 e. The summed E-state index contributed by atoms with van der Waals surface area (Å²) in [5.74, 6) is 0. The molecule has 0 fully saturated rings. The lowest BCUT2D eigenvalue weighted by Gasteiger charge is -1.95. The Morgan fingerprint density at radius 1 is 1.36 bits per heavy atom. The average Bonchev–Trinajstić information content (AvgIpc) is 1.99. The molecule has 0 aromatic rings. The van der Waals surface area contributed by atoms with Crippen molar-refractivity contribution in [3.8, 4) is 0 Å². The highest BCUT2D eigenvalue weighted by Gasteiger charge is 1.87. The maximum absolute atomic E-state index is 4.26. The van der Waals surface area contributed by atoms with Gasteiger partial charge in [-0.2, -0.15) is 0 Å². The number of allylic oxidation sites excluding steroid dienone is 2. The van der Waals surface area contributed by atoms with Crippen LogP contribution in [0.3, 0.4) is 0 Å². The van der Waals surface area contributed by atoms with Crippen LogP contribution in [0.15, 0.2) is 28.9 Å². The third-order valence-corrected chi connectivity index (χ3v) is 1.66. The molecule has 0 saturated carbocycles. The molecule has 0 spiro atoms. The van der Waals surface area contributed by atoms with E-state index < -0.39 is 0 Å². The van der Waals surface area contributed by atoms with Crippen LogP contribution in [0, 0.1) is 0 Å². The van der Waals surface area contributed by atoms with E-state index in [2.05, 4.69) is 18.5 Å². The fourth-order valence-corrected chi connectivity index (χ4v) is 0.408. The minimum absolute atomic E-state index is 1.01. The first-order valence-electron chi connectivity index (χ1n) is 3.93. The van der Waals surface area contributed by atoms with Crippen molar-refractivity contribution in [1.29, 1.82) is 0 Å². The van der Waals surface area contributed by atoms with Crippen LogP contribution in [-0.2, 0) is 0 Å². The second-order valence-electron chi connectivity index (χ2n) is 2.81. The molecule has 0 aromatic carbocycles. The van der Waals surface area contributed by atoms with E-state index in [-0.39, 0.29) is 0 Å². The zero-order valence-electron chi connectivity index (χ0n) is 7.94. The molecule has 0 radical (unpaired) electrons. The Hall–Kier alpha value is -0.850. The fourth-order valence-electron chi connectivity index (χ4n) is 0.408. The van der Waals surface area contributed by atoms with E-state index in [4.69, 9.17) is 0 Å². The first kappa shape index (κ1) is 10.2. The monoisotopic (exact) mass is 151 g/mol. The molecule has 0 saturated heterocycles. The summed E-state index contributed by atoms with van der Waals surface area (Å²) in [4.78, 5) is 4.26. The van der Waals surface area contributed by atoms with Gasteiger partial charge in [0.05, 0.1) is 0 Å². The Morgan fingerprint density at radius 3 is 2.27 bits per heavy atom. The van der Waals surface area contributed by atoms with Gasteiger partial charge in [-0.1, -0.05) is 19.1 Å². The molecule has 0 aliphatic carbocycles. The molecular formula is C10H17N. The number of nitrogens with zero attached hydrogens (tertiary/aromatic N) is 1. The first-order chi connectivity index (χ1) is 5.07. The van der Waals surface area contributed by atoms with Crippen LogP contribution in [0.1, 0.15) is 34.1 Å². The average molecular weight is 151 g/mol. The number of rotatable bonds is 3. The van der Waals surface area contributed by atoms with Gasteiger partial charge in [0.2, 0.25) is 0 Å². The van der Waals surface area contributed by atoms with Crippen LogP contribution >= 0.6 is 0 Å². The molecule has 0 aromatic heterocycles. The predicted octanol–water partition coefficient (Wildman–Crippen LogP) is 3.34. The van der Waals surface area contributed by atoms with E-state index in [9.17, 15) is 0 Å². The summed E-state index contributed by atoms with van der Waals surface area (Å²) in [5, 5.41) is 0. The van der Waals surface area contributed by atoms with Crippen molar-refractivity contribution in [3.63, 3.8) is 0 Å². The van der Waals surface area contributed by atoms with Crippen LogP contribution in [0.2, 0.25) is 0 Å². The standard InChI is InChI=1S/C10H17N/c1-6-10(5)11-7-9(4)8(2)3/h7H,2,6H2,1,3-5H3/b9-7-,11-10?. The summed E-state index contributed by atoms with van der Waals surface area (Å²) in [6, 6.07) is 0. The SMILES string of the molecule is C=C(C)/C(C)=C\N=C(C)CC. The van der Waals surface area contributed by atoms with Crippen molar-refractivity contribution in [1.82, 2.24) is 0 Å². The zero-order chi connectivity index (χ0) is 8.85. The Morgan fingerprint density at radius 2 is 1.91 bits per heavy atom. The zero-order valence-corrected chi connectivity index (χ0v) is 7.94. The normalized spacial score (nSPS) is 13.5. The molecule has 0 rings (SSSR count). The first-order valence-corrected chi connectivity index (χ1v) is 3.93. The summed E-state index contributed by atoms with van der Waals surface area (Å²) in [6.45, 7) is 12.0. The highest BCUT2D eigenvalue weighted by molar-refractivity contribution is 5.82. The Bertz CT molecular complexity index is 197. The van der Waals surface area contributed by atoms with E-state index in [1.165, 1.54) is 0 Å². The lowest BCUT2D eigenvalue weighted by atomic mass is 10.2. The number of hydrogen-bond acceptors (Lipinski definition) is 1. The lowest BCUT2D eigenvalue weighted by molar-refractivity contribution is 1.24. The molecule has 11 heavy (non-hydrogen) atoms. The van der Waals surface area contributed by atoms with Crippen molar-refractivity contribution in [2.45, 2.75) is 34.1 Å². The van der Waals surface area contributed by atoms with E-state index in [1.54, 1.807) is 0 Å². The molecule has 0 unspecified atom stereocenters. The van der Waals surface area contributed by atoms with Crippen molar-refractivity contribution < 1.29 is 0 Å². The number of hydrogen-bond donors (Lipinski definition) is 0. The van der Waals surface area contributed by atoms with E-state index in [0.717, 1.165) is 23.3 Å². The third kappa shape index (κ3) is 4.54. The molecule has 62 valence electrons. The quantitative estimate of drug-likeness (QED) is 0.433. The molecule has 0 amide bonds. The Labute approximate surface area is 69.5 Å². The van der Waals surface area contributed by atoms with Crippen LogP contribution in [0.25, 0.3) is 0 Å². The van der Waals surface area contributed by atoms with Gasteiger partial charge in [0.1, 0.15) is 0 Å². The van der Waals surface area contributed by atoms with E-state index in [0.29, 0.717) is 0 Å². The van der Waals surface area contributed by atoms with Crippen molar-refractivity contribution in [2.75, 3.05) is 0 Å². The van der Waals surface area contributed by atoms with Gasteiger partial charge < -0.3 is 0 Å². The molecule has 1 nitrogen and oxygen atoms in total. The minimum atomic E-state index is 1.01. The Balaban J connectivity index is 4.22. The molecule has 0 aliphatic heterocycles. The second-order valence-corrected chi connectivity index (χ2v) is 2.81. The van der Waals surface area contributed by atoms with Crippen molar-refractivity contribution in [2.24, 2.45) is 4.99 Å². The molecule has 0 heterocycles. The number of aliphatic imine (C=N–C) groups is 1. The van der Waals surface area contributed by atoms with E-state index >= 15 is 0 Å².